The van der Waals surface area contributed by atoms with Crippen LogP contribution in [0.4, 0.5) is 0 Å². The number of ether oxygens (including phenoxy) is 2. The maximum absolute atomic E-state index is 6.04. The molecular weight excluding hydrogens is 188 g/mol. The fourth-order valence-corrected chi connectivity index (χ4v) is 2.00. The van der Waals surface area contributed by atoms with Crippen molar-refractivity contribution in [2.45, 2.75) is 67.0 Å². The maximum Gasteiger partial charge on any atom is 0.160 e. The van der Waals surface area contributed by atoms with E-state index in [1.165, 1.54) is 0 Å². The van der Waals surface area contributed by atoms with E-state index in [0.717, 1.165) is 0 Å². The minimum atomic E-state index is -0.0263. The molecule has 90 valence electrons. The highest BCUT2D eigenvalue weighted by Gasteiger charge is 2.44. The van der Waals surface area contributed by atoms with Crippen LogP contribution in [0.1, 0.15) is 48.5 Å². The molecule has 3 unspecified atom stereocenters. The summed E-state index contributed by atoms with van der Waals surface area (Å²) >= 11 is 0. The second kappa shape index (κ2) is 4.42. The molecular formula is C13H26O2. The van der Waals surface area contributed by atoms with Gasteiger partial charge in [-0.1, -0.05) is 48.5 Å². The van der Waals surface area contributed by atoms with Crippen LogP contribution < -0.4 is 0 Å². The third-order valence-corrected chi connectivity index (χ3v) is 2.93. The van der Waals surface area contributed by atoms with Crippen molar-refractivity contribution in [2.24, 2.45) is 17.3 Å². The van der Waals surface area contributed by atoms with Gasteiger partial charge in [0.1, 0.15) is 0 Å². The Morgan fingerprint density at radius 1 is 0.867 bits per heavy atom. The van der Waals surface area contributed by atoms with Gasteiger partial charge >= 0.3 is 0 Å². The maximum atomic E-state index is 6.04. The lowest BCUT2D eigenvalue weighted by Gasteiger charge is -2.31. The molecule has 2 nitrogen and oxygen atoms in total. The number of hydrogen-bond acceptors (Lipinski definition) is 2. The Kier molecular flexibility index (Phi) is 3.83. The normalized spacial score (nSPS) is 33.0. The van der Waals surface area contributed by atoms with Crippen molar-refractivity contribution < 1.29 is 9.47 Å². The summed E-state index contributed by atoms with van der Waals surface area (Å²) in [6.45, 7) is 15.4. The molecule has 2 heteroatoms. The largest absolute Gasteiger partial charge is 0.346 e. The van der Waals surface area contributed by atoms with E-state index < -0.39 is 0 Å². The molecule has 1 heterocycles. The second-order valence-corrected chi connectivity index (χ2v) is 6.38. The Morgan fingerprint density at radius 2 is 1.40 bits per heavy atom. The highest BCUT2D eigenvalue weighted by Crippen LogP contribution is 2.37. The molecule has 0 bridgehead atoms. The molecule has 1 aliphatic heterocycles. The van der Waals surface area contributed by atoms with Crippen molar-refractivity contribution >= 4 is 0 Å². The van der Waals surface area contributed by atoms with Crippen LogP contribution in [-0.2, 0) is 9.47 Å². The first-order chi connectivity index (χ1) is 6.73. The van der Waals surface area contributed by atoms with Crippen molar-refractivity contribution in [3.05, 3.63) is 0 Å². The highest BCUT2D eigenvalue weighted by atomic mass is 16.7. The molecule has 0 aromatic rings. The van der Waals surface area contributed by atoms with Crippen molar-refractivity contribution in [1.82, 2.24) is 0 Å². The number of hydrogen-bond donors (Lipinski definition) is 0. The van der Waals surface area contributed by atoms with Gasteiger partial charge in [-0.3, -0.25) is 0 Å². The van der Waals surface area contributed by atoms with Crippen LogP contribution in [0.5, 0.6) is 0 Å². The Balaban J connectivity index is 2.77. The van der Waals surface area contributed by atoms with Gasteiger partial charge < -0.3 is 9.47 Å². The summed E-state index contributed by atoms with van der Waals surface area (Å²) in [6, 6.07) is 0. The smallest absolute Gasteiger partial charge is 0.160 e. The SMILES string of the molecule is CC(C)C1OC(C(C)C)C(C(C)(C)C)O1. The van der Waals surface area contributed by atoms with Crippen LogP contribution in [0, 0.1) is 17.3 Å². The highest BCUT2D eigenvalue weighted by molar-refractivity contribution is 4.88. The van der Waals surface area contributed by atoms with Gasteiger partial charge in [0, 0.05) is 5.92 Å². The molecule has 0 aliphatic carbocycles. The van der Waals surface area contributed by atoms with Crippen molar-refractivity contribution in [3.8, 4) is 0 Å². The molecule has 1 saturated heterocycles. The van der Waals surface area contributed by atoms with E-state index in [-0.39, 0.29) is 23.9 Å². The average Bonchev–Trinajstić information content (AvgIpc) is 2.45. The average molecular weight is 214 g/mol. The Bertz CT molecular complexity index is 203. The van der Waals surface area contributed by atoms with Crippen molar-refractivity contribution in [1.29, 1.82) is 0 Å². The van der Waals surface area contributed by atoms with Crippen LogP contribution in [0.25, 0.3) is 0 Å². The molecule has 15 heavy (non-hydrogen) atoms. The Morgan fingerprint density at radius 3 is 1.67 bits per heavy atom. The monoisotopic (exact) mass is 214 g/mol. The van der Waals surface area contributed by atoms with Gasteiger partial charge in [0.25, 0.3) is 0 Å². The summed E-state index contributed by atoms with van der Waals surface area (Å²) in [5.41, 5.74) is 0.151. The van der Waals surface area contributed by atoms with E-state index in [4.69, 9.17) is 9.47 Å². The van der Waals surface area contributed by atoms with Gasteiger partial charge in [-0.25, -0.2) is 0 Å². The number of rotatable bonds is 2. The second-order valence-electron chi connectivity index (χ2n) is 6.38. The van der Waals surface area contributed by atoms with Gasteiger partial charge in [0.2, 0.25) is 0 Å². The summed E-state index contributed by atoms with van der Waals surface area (Å²) in [6.07, 6.45) is 0.420. The van der Waals surface area contributed by atoms with E-state index in [0.29, 0.717) is 11.8 Å². The molecule has 3 atom stereocenters. The molecule has 0 aromatic carbocycles. The first-order valence-corrected chi connectivity index (χ1v) is 6.04. The van der Waals surface area contributed by atoms with Crippen LogP contribution in [0.2, 0.25) is 0 Å². The van der Waals surface area contributed by atoms with E-state index >= 15 is 0 Å². The molecule has 0 N–H and O–H groups in total. The molecule has 0 radical (unpaired) electrons. The predicted octanol–water partition coefficient (Wildman–Crippen LogP) is 3.45. The fraction of sp³-hybridized carbons (Fsp3) is 1.00. The summed E-state index contributed by atoms with van der Waals surface area (Å²) in [5, 5.41) is 0. The summed E-state index contributed by atoms with van der Waals surface area (Å²) in [4.78, 5) is 0. The van der Waals surface area contributed by atoms with Crippen molar-refractivity contribution in [3.63, 3.8) is 0 Å². The molecule has 0 amide bonds. The molecule has 0 saturated carbocycles. The quantitative estimate of drug-likeness (QED) is 0.701. The Labute approximate surface area is 94.3 Å². The van der Waals surface area contributed by atoms with Gasteiger partial charge in [0.15, 0.2) is 6.29 Å². The lowest BCUT2D eigenvalue weighted by Crippen LogP contribution is -2.38. The lowest BCUT2D eigenvalue weighted by atomic mass is 9.82. The minimum Gasteiger partial charge on any atom is -0.346 e. The third-order valence-electron chi connectivity index (χ3n) is 2.93. The van der Waals surface area contributed by atoms with E-state index in [9.17, 15) is 0 Å². The van der Waals surface area contributed by atoms with Crippen LogP contribution in [-0.4, -0.2) is 18.5 Å². The first kappa shape index (κ1) is 13.0. The lowest BCUT2D eigenvalue weighted by molar-refractivity contribution is -0.107. The van der Waals surface area contributed by atoms with Gasteiger partial charge in [-0.2, -0.15) is 0 Å². The minimum absolute atomic E-state index is 0.0263. The zero-order valence-electron chi connectivity index (χ0n) is 11.2. The zero-order valence-corrected chi connectivity index (χ0v) is 11.2. The molecule has 1 aliphatic rings. The van der Waals surface area contributed by atoms with Gasteiger partial charge in [-0.15, -0.1) is 0 Å². The summed E-state index contributed by atoms with van der Waals surface area (Å²) < 4.78 is 12.0. The van der Waals surface area contributed by atoms with E-state index in [1.54, 1.807) is 0 Å². The summed E-state index contributed by atoms with van der Waals surface area (Å²) in [5.74, 6) is 0.941. The zero-order chi connectivity index (χ0) is 11.8. The van der Waals surface area contributed by atoms with Crippen LogP contribution in [0.15, 0.2) is 0 Å². The molecule has 0 spiro atoms. The van der Waals surface area contributed by atoms with E-state index in [1.807, 2.05) is 0 Å². The topological polar surface area (TPSA) is 18.5 Å². The van der Waals surface area contributed by atoms with Gasteiger partial charge in [0.05, 0.1) is 12.2 Å². The standard InChI is InChI=1S/C13H26O2/c1-8(2)10-11(13(5,6)7)15-12(14-10)9(3)4/h8-12H,1-7H3. The van der Waals surface area contributed by atoms with Crippen molar-refractivity contribution in [2.75, 3.05) is 0 Å². The van der Waals surface area contributed by atoms with Gasteiger partial charge in [-0.05, 0) is 11.3 Å². The predicted molar refractivity (Wildman–Crippen MR) is 62.7 cm³/mol. The molecule has 0 aromatic heterocycles. The fourth-order valence-electron chi connectivity index (χ4n) is 2.00. The van der Waals surface area contributed by atoms with Crippen LogP contribution in [0.3, 0.4) is 0 Å². The van der Waals surface area contributed by atoms with E-state index in [2.05, 4.69) is 48.5 Å². The van der Waals surface area contributed by atoms with Crippen LogP contribution >= 0.6 is 0 Å². The Hall–Kier alpha value is -0.0800. The first-order valence-electron chi connectivity index (χ1n) is 6.04. The third kappa shape index (κ3) is 2.94. The molecule has 1 rings (SSSR count). The summed E-state index contributed by atoms with van der Waals surface area (Å²) in [7, 11) is 0. The molecule has 1 fully saturated rings.